The van der Waals surface area contributed by atoms with Crippen LogP contribution in [0.4, 0.5) is 0 Å². The van der Waals surface area contributed by atoms with Crippen molar-refractivity contribution in [2.75, 3.05) is 12.8 Å². The third kappa shape index (κ3) is 3.43. The minimum Gasteiger partial charge on any atom is -0.342 e. The van der Waals surface area contributed by atoms with E-state index in [1.165, 1.54) is 19.3 Å². The van der Waals surface area contributed by atoms with Gasteiger partial charge in [0.25, 0.3) is 0 Å². The Kier molecular flexibility index (Phi) is 4.98. The number of hydrogen-bond donors (Lipinski definition) is 0. The maximum absolute atomic E-state index is 12.4. The zero-order chi connectivity index (χ0) is 15.4. The van der Waals surface area contributed by atoms with Crippen LogP contribution in [0.5, 0.6) is 0 Å². The lowest BCUT2D eigenvalue weighted by molar-refractivity contribution is -0.129. The standard InChI is InChI=1S/C18H22N2OS/c1-20(15-9-3-2-4-10-15)17(21)13-22-16-11-5-7-14-8-6-12-19-18(14)16/h5-8,11-12,15H,2-4,9-10,13H2,1H3. The fraction of sp³-hybridized carbons (Fsp3) is 0.444. The molecule has 1 aromatic carbocycles. The largest absolute Gasteiger partial charge is 0.342 e. The van der Waals surface area contributed by atoms with Gasteiger partial charge in [-0.15, -0.1) is 11.8 Å². The Morgan fingerprint density at radius 1 is 1.23 bits per heavy atom. The summed E-state index contributed by atoms with van der Waals surface area (Å²) < 4.78 is 0. The molecule has 1 heterocycles. The number of nitrogens with zero attached hydrogens (tertiary/aromatic N) is 2. The molecule has 3 nitrogen and oxygen atoms in total. The molecule has 0 atom stereocenters. The molecule has 3 rings (SSSR count). The first-order chi connectivity index (χ1) is 10.8. The highest BCUT2D eigenvalue weighted by molar-refractivity contribution is 8.00. The highest BCUT2D eigenvalue weighted by Crippen LogP contribution is 2.27. The molecule has 1 aliphatic carbocycles. The second-order valence-electron chi connectivity index (χ2n) is 5.92. The van der Waals surface area contributed by atoms with Gasteiger partial charge in [0.15, 0.2) is 0 Å². The van der Waals surface area contributed by atoms with Crippen LogP contribution in [0, 0.1) is 0 Å². The molecule has 0 spiro atoms. The van der Waals surface area contributed by atoms with Crippen LogP contribution in [-0.4, -0.2) is 34.6 Å². The molecule has 1 saturated carbocycles. The van der Waals surface area contributed by atoms with Gasteiger partial charge < -0.3 is 4.90 Å². The van der Waals surface area contributed by atoms with Gasteiger partial charge in [0.1, 0.15) is 0 Å². The quantitative estimate of drug-likeness (QED) is 0.796. The molecule has 1 aliphatic rings. The molecule has 0 radical (unpaired) electrons. The second kappa shape index (κ2) is 7.14. The van der Waals surface area contributed by atoms with E-state index in [1.54, 1.807) is 11.8 Å². The topological polar surface area (TPSA) is 33.2 Å². The van der Waals surface area contributed by atoms with E-state index in [2.05, 4.69) is 17.1 Å². The number of rotatable bonds is 4. The van der Waals surface area contributed by atoms with Crippen molar-refractivity contribution in [1.82, 2.24) is 9.88 Å². The number of para-hydroxylation sites is 1. The number of thioether (sulfide) groups is 1. The Morgan fingerprint density at radius 2 is 2.00 bits per heavy atom. The molecule has 22 heavy (non-hydrogen) atoms. The lowest BCUT2D eigenvalue weighted by atomic mass is 9.94. The zero-order valence-electron chi connectivity index (χ0n) is 13.0. The molecule has 0 bridgehead atoms. The van der Waals surface area contributed by atoms with Crippen LogP contribution < -0.4 is 0 Å². The summed E-state index contributed by atoms with van der Waals surface area (Å²) in [5.74, 6) is 0.715. The van der Waals surface area contributed by atoms with Crippen LogP contribution in [0.2, 0.25) is 0 Å². The maximum atomic E-state index is 12.4. The van der Waals surface area contributed by atoms with E-state index in [0.717, 1.165) is 28.6 Å². The number of carbonyl (C=O) groups excluding carboxylic acids is 1. The summed E-state index contributed by atoms with van der Waals surface area (Å²) in [6, 6.07) is 10.6. The minimum atomic E-state index is 0.227. The van der Waals surface area contributed by atoms with Gasteiger partial charge in [-0.05, 0) is 25.0 Å². The van der Waals surface area contributed by atoms with Gasteiger partial charge in [-0.3, -0.25) is 9.78 Å². The predicted molar refractivity (Wildman–Crippen MR) is 92.1 cm³/mol. The molecule has 116 valence electrons. The molecule has 1 amide bonds. The first-order valence-corrected chi connectivity index (χ1v) is 8.96. The van der Waals surface area contributed by atoms with E-state index in [0.29, 0.717) is 11.8 Å². The molecule has 0 aliphatic heterocycles. The molecule has 1 fully saturated rings. The second-order valence-corrected chi connectivity index (χ2v) is 6.93. The minimum absolute atomic E-state index is 0.227. The number of benzene rings is 1. The number of pyridine rings is 1. The number of fused-ring (bicyclic) bond motifs is 1. The Hall–Kier alpha value is -1.55. The van der Waals surface area contributed by atoms with Crippen molar-refractivity contribution in [3.8, 4) is 0 Å². The molecular weight excluding hydrogens is 292 g/mol. The van der Waals surface area contributed by atoms with Crippen LogP contribution in [-0.2, 0) is 4.79 Å². The van der Waals surface area contributed by atoms with Crippen molar-refractivity contribution in [2.24, 2.45) is 0 Å². The van der Waals surface area contributed by atoms with E-state index in [1.807, 2.05) is 36.3 Å². The molecule has 0 N–H and O–H groups in total. The third-order valence-corrected chi connectivity index (χ3v) is 5.49. The number of carbonyl (C=O) groups is 1. The Balaban J connectivity index is 1.64. The van der Waals surface area contributed by atoms with E-state index in [4.69, 9.17) is 0 Å². The number of aromatic nitrogens is 1. The Labute approximate surface area is 136 Å². The average molecular weight is 314 g/mol. The van der Waals surface area contributed by atoms with Gasteiger partial charge in [0.05, 0.1) is 11.3 Å². The fourth-order valence-electron chi connectivity index (χ4n) is 3.11. The Bertz CT molecular complexity index is 647. The van der Waals surface area contributed by atoms with Crippen molar-refractivity contribution < 1.29 is 4.79 Å². The molecule has 0 unspecified atom stereocenters. The normalized spacial score (nSPS) is 15.9. The number of amides is 1. The summed E-state index contributed by atoms with van der Waals surface area (Å²) in [4.78, 5) is 19.9. The van der Waals surface area contributed by atoms with Crippen LogP contribution in [0.3, 0.4) is 0 Å². The Morgan fingerprint density at radius 3 is 2.82 bits per heavy atom. The summed E-state index contributed by atoms with van der Waals surface area (Å²) in [6.07, 6.45) is 7.94. The summed E-state index contributed by atoms with van der Waals surface area (Å²) in [6.45, 7) is 0. The zero-order valence-corrected chi connectivity index (χ0v) is 13.8. The average Bonchev–Trinajstić information content (AvgIpc) is 2.59. The summed E-state index contributed by atoms with van der Waals surface area (Å²) in [7, 11) is 1.96. The van der Waals surface area contributed by atoms with Crippen LogP contribution >= 0.6 is 11.8 Å². The molecule has 1 aromatic heterocycles. The number of hydrogen-bond acceptors (Lipinski definition) is 3. The van der Waals surface area contributed by atoms with Gasteiger partial charge in [0.2, 0.25) is 5.91 Å². The first-order valence-electron chi connectivity index (χ1n) is 7.98. The SMILES string of the molecule is CN(C(=O)CSc1cccc2cccnc12)C1CCCCC1. The van der Waals surface area contributed by atoms with Crippen molar-refractivity contribution in [2.45, 2.75) is 43.0 Å². The van der Waals surface area contributed by atoms with E-state index in [-0.39, 0.29) is 5.91 Å². The van der Waals surface area contributed by atoms with Crippen LogP contribution in [0.25, 0.3) is 10.9 Å². The highest BCUT2D eigenvalue weighted by atomic mass is 32.2. The lowest BCUT2D eigenvalue weighted by Gasteiger charge is -2.31. The first kappa shape index (κ1) is 15.3. The summed E-state index contributed by atoms with van der Waals surface area (Å²) in [5, 5.41) is 1.13. The van der Waals surface area contributed by atoms with Gasteiger partial charge in [-0.1, -0.05) is 37.5 Å². The maximum Gasteiger partial charge on any atom is 0.232 e. The molecule has 4 heteroatoms. The van der Waals surface area contributed by atoms with Crippen molar-refractivity contribution in [1.29, 1.82) is 0 Å². The molecule has 2 aromatic rings. The van der Waals surface area contributed by atoms with Gasteiger partial charge in [-0.2, -0.15) is 0 Å². The summed E-state index contributed by atoms with van der Waals surface area (Å²) >= 11 is 1.60. The highest BCUT2D eigenvalue weighted by Gasteiger charge is 2.22. The summed E-state index contributed by atoms with van der Waals surface area (Å²) in [5.41, 5.74) is 0.989. The fourth-order valence-corrected chi connectivity index (χ4v) is 4.07. The van der Waals surface area contributed by atoms with E-state index in [9.17, 15) is 4.79 Å². The van der Waals surface area contributed by atoms with E-state index < -0.39 is 0 Å². The van der Waals surface area contributed by atoms with Gasteiger partial charge in [-0.25, -0.2) is 0 Å². The monoisotopic (exact) mass is 314 g/mol. The van der Waals surface area contributed by atoms with Crippen molar-refractivity contribution in [3.05, 3.63) is 36.5 Å². The smallest absolute Gasteiger partial charge is 0.232 e. The molecular formula is C18H22N2OS. The molecule has 0 saturated heterocycles. The van der Waals surface area contributed by atoms with E-state index >= 15 is 0 Å². The van der Waals surface area contributed by atoms with Gasteiger partial charge >= 0.3 is 0 Å². The van der Waals surface area contributed by atoms with Gasteiger partial charge in [0, 0.05) is 29.6 Å². The van der Waals surface area contributed by atoms with Crippen molar-refractivity contribution in [3.63, 3.8) is 0 Å². The third-order valence-electron chi connectivity index (χ3n) is 4.46. The van der Waals surface area contributed by atoms with Crippen LogP contribution in [0.15, 0.2) is 41.4 Å². The predicted octanol–water partition coefficient (Wildman–Crippen LogP) is 4.12. The van der Waals surface area contributed by atoms with Crippen LogP contribution in [0.1, 0.15) is 32.1 Å². The lowest BCUT2D eigenvalue weighted by Crippen LogP contribution is -2.39. The van der Waals surface area contributed by atoms with Crippen molar-refractivity contribution >= 4 is 28.6 Å².